The Hall–Kier alpha value is -1.16. The number of nitrogens with one attached hydrogen (secondary N) is 1. The lowest BCUT2D eigenvalue weighted by Crippen LogP contribution is -2.40. The van der Waals surface area contributed by atoms with E-state index in [0.29, 0.717) is 44.5 Å². The van der Waals surface area contributed by atoms with Gasteiger partial charge < -0.3 is 10.1 Å². The number of halogens is 1. The molecule has 3 fully saturated rings. The maximum absolute atomic E-state index is 12.6. The lowest BCUT2D eigenvalue weighted by Gasteiger charge is -2.31. The Morgan fingerprint density at radius 2 is 1.70 bits per heavy atom. The van der Waals surface area contributed by atoms with Crippen LogP contribution in [-0.4, -0.2) is 61.1 Å². The van der Waals surface area contributed by atoms with E-state index in [-0.39, 0.29) is 21.9 Å². The van der Waals surface area contributed by atoms with Crippen molar-refractivity contribution in [1.82, 2.24) is 14.1 Å². The predicted molar refractivity (Wildman–Crippen MR) is 119 cm³/mol. The highest BCUT2D eigenvalue weighted by atomic mass is 35.5. The zero-order chi connectivity index (χ0) is 21.6. The van der Waals surface area contributed by atoms with Crippen molar-refractivity contribution in [3.05, 3.63) is 21.6 Å². The summed E-state index contributed by atoms with van der Waals surface area (Å²) in [6, 6.07) is -0.0917. The molecule has 2 aliphatic heterocycles. The first-order valence-corrected chi connectivity index (χ1v) is 12.8. The van der Waals surface area contributed by atoms with Gasteiger partial charge in [0.25, 0.3) is 5.56 Å². The van der Waals surface area contributed by atoms with E-state index in [0.717, 1.165) is 26.1 Å². The van der Waals surface area contributed by atoms with E-state index in [1.54, 1.807) is 11.4 Å². The largest absolute Gasteiger partial charge is 0.385 e. The van der Waals surface area contributed by atoms with Gasteiger partial charge in [-0.3, -0.25) is 4.79 Å². The second-order valence-corrected chi connectivity index (χ2v) is 10.7. The zero-order valence-electron chi connectivity index (χ0n) is 17.7. The van der Waals surface area contributed by atoms with Crippen LogP contribution in [0.2, 0.25) is 5.02 Å². The number of nitrogens with zero attached hydrogens (tertiary/aromatic N) is 3. The van der Waals surface area contributed by atoms with Crippen LogP contribution in [-0.2, 0) is 14.8 Å². The molecule has 3 heterocycles. The van der Waals surface area contributed by atoms with E-state index in [2.05, 4.69) is 10.4 Å². The molecule has 0 unspecified atom stereocenters. The summed E-state index contributed by atoms with van der Waals surface area (Å²) in [5, 5.41) is 6.81. The van der Waals surface area contributed by atoms with Crippen molar-refractivity contribution in [2.45, 2.75) is 69.1 Å². The van der Waals surface area contributed by atoms with Gasteiger partial charge in [-0.05, 0) is 57.8 Å². The number of rotatable bonds is 4. The molecule has 0 radical (unpaired) electrons. The molecule has 1 saturated carbocycles. The molecule has 0 amide bonds. The van der Waals surface area contributed by atoms with Gasteiger partial charge in [0.05, 0.1) is 23.2 Å². The van der Waals surface area contributed by atoms with Crippen molar-refractivity contribution in [2.24, 2.45) is 0 Å². The molecule has 0 bridgehead atoms. The minimum Gasteiger partial charge on any atom is -0.385 e. The fourth-order valence-corrected chi connectivity index (χ4v) is 6.59. The van der Waals surface area contributed by atoms with E-state index >= 15 is 0 Å². The smallest absolute Gasteiger partial charge is 0.287 e. The summed E-state index contributed by atoms with van der Waals surface area (Å²) in [7, 11) is -1.53. The number of anilines is 1. The lowest BCUT2D eigenvalue weighted by atomic mass is 9.95. The van der Waals surface area contributed by atoms with Crippen molar-refractivity contribution < 1.29 is 13.2 Å². The van der Waals surface area contributed by atoms with Gasteiger partial charge in [-0.1, -0.05) is 11.6 Å². The summed E-state index contributed by atoms with van der Waals surface area (Å²) >= 11 is 6.07. The van der Waals surface area contributed by atoms with E-state index in [1.165, 1.54) is 30.1 Å². The van der Waals surface area contributed by atoms with Crippen molar-refractivity contribution >= 4 is 27.3 Å². The molecule has 8 nitrogen and oxygen atoms in total. The van der Waals surface area contributed by atoms with Crippen molar-refractivity contribution in [3.8, 4) is 0 Å². The summed E-state index contributed by atoms with van der Waals surface area (Å²) in [6.07, 6.45) is 9.73. The summed E-state index contributed by atoms with van der Waals surface area (Å²) in [4.78, 5) is 12.3. The van der Waals surface area contributed by atoms with E-state index in [4.69, 9.17) is 16.3 Å². The number of hydrogen-bond donors (Lipinski definition) is 1. The van der Waals surface area contributed by atoms with Crippen LogP contribution in [0, 0.1) is 0 Å². The fourth-order valence-electron chi connectivity index (χ4n) is 4.31. The SMILES string of the molecule is C1CCOCC1.CNc1cnn(C2CCC(S(=O)(=O)N3CCCC3)CC2)c(=O)c1Cl. The molecule has 1 aromatic heterocycles. The minimum atomic E-state index is -3.21. The average Bonchev–Trinajstić information content (AvgIpc) is 3.33. The molecule has 0 spiro atoms. The lowest BCUT2D eigenvalue weighted by molar-refractivity contribution is 0.0968. The van der Waals surface area contributed by atoms with Crippen LogP contribution >= 0.6 is 11.6 Å². The molecule has 170 valence electrons. The summed E-state index contributed by atoms with van der Waals surface area (Å²) in [5.41, 5.74) is 0.178. The van der Waals surface area contributed by atoms with E-state index in [1.807, 2.05) is 0 Å². The zero-order valence-corrected chi connectivity index (χ0v) is 19.3. The first-order chi connectivity index (χ1) is 14.4. The van der Waals surface area contributed by atoms with Gasteiger partial charge in [0, 0.05) is 33.4 Å². The van der Waals surface area contributed by atoms with Gasteiger partial charge >= 0.3 is 0 Å². The van der Waals surface area contributed by atoms with Crippen molar-refractivity contribution in [2.75, 3.05) is 38.7 Å². The third-order valence-corrected chi connectivity index (χ3v) is 8.89. The molecule has 0 atom stereocenters. The Morgan fingerprint density at radius 3 is 2.20 bits per heavy atom. The quantitative estimate of drug-likeness (QED) is 0.742. The first kappa shape index (κ1) is 23.5. The monoisotopic (exact) mass is 460 g/mol. The topological polar surface area (TPSA) is 93.5 Å². The van der Waals surface area contributed by atoms with Crippen LogP contribution in [0.3, 0.4) is 0 Å². The molecule has 10 heteroatoms. The molecule has 4 rings (SSSR count). The van der Waals surface area contributed by atoms with Crippen LogP contribution in [0.15, 0.2) is 11.0 Å². The molecule has 1 aliphatic carbocycles. The second-order valence-electron chi connectivity index (χ2n) is 8.13. The highest BCUT2D eigenvalue weighted by Crippen LogP contribution is 2.33. The Balaban J connectivity index is 0.000000367. The van der Waals surface area contributed by atoms with Gasteiger partial charge in [-0.25, -0.2) is 17.4 Å². The Bertz CT molecular complexity index is 831. The fraction of sp³-hybridized carbons (Fsp3) is 0.800. The van der Waals surface area contributed by atoms with Gasteiger partial charge in [-0.15, -0.1) is 0 Å². The normalized spacial score (nSPS) is 25.4. The maximum Gasteiger partial charge on any atom is 0.287 e. The number of ether oxygens (including phenoxy) is 1. The minimum absolute atomic E-state index is 0.0917. The van der Waals surface area contributed by atoms with Crippen LogP contribution in [0.1, 0.15) is 63.8 Å². The van der Waals surface area contributed by atoms with Crippen LogP contribution in [0.4, 0.5) is 5.69 Å². The van der Waals surface area contributed by atoms with Gasteiger partial charge in [0.15, 0.2) is 0 Å². The molecule has 30 heavy (non-hydrogen) atoms. The molecular weight excluding hydrogens is 428 g/mol. The van der Waals surface area contributed by atoms with Crippen molar-refractivity contribution in [1.29, 1.82) is 0 Å². The molecule has 1 aromatic rings. The number of aromatic nitrogens is 2. The Kier molecular flexibility index (Phi) is 8.56. The molecule has 3 aliphatic rings. The second kappa shape index (κ2) is 10.9. The first-order valence-electron chi connectivity index (χ1n) is 11.0. The summed E-state index contributed by atoms with van der Waals surface area (Å²) in [5.74, 6) is 0. The third-order valence-electron chi connectivity index (χ3n) is 6.13. The van der Waals surface area contributed by atoms with E-state index in [9.17, 15) is 13.2 Å². The van der Waals surface area contributed by atoms with Crippen LogP contribution in [0.5, 0.6) is 0 Å². The predicted octanol–water partition coefficient (Wildman–Crippen LogP) is 3.03. The standard InChI is InChI=1S/C15H23ClN4O3S.C5H10O/c1-17-13-10-18-20(15(21)14(13)16)11-4-6-12(7-5-11)24(22,23)19-8-2-3-9-19;1-2-4-6-5-3-1/h10-12,17H,2-9H2,1H3;1-5H2. The molecule has 2 saturated heterocycles. The van der Waals surface area contributed by atoms with Crippen molar-refractivity contribution in [3.63, 3.8) is 0 Å². The molecular formula is C20H33ClN4O4S. The van der Waals surface area contributed by atoms with Gasteiger partial charge in [0.2, 0.25) is 10.0 Å². The summed E-state index contributed by atoms with van der Waals surface area (Å²) in [6.45, 7) is 3.29. The Labute approximate surface area is 184 Å². The highest BCUT2D eigenvalue weighted by molar-refractivity contribution is 7.89. The number of sulfonamides is 1. The van der Waals surface area contributed by atoms with E-state index < -0.39 is 10.0 Å². The highest BCUT2D eigenvalue weighted by Gasteiger charge is 2.37. The Morgan fingerprint density at radius 1 is 1.07 bits per heavy atom. The van der Waals surface area contributed by atoms with Gasteiger partial charge in [-0.2, -0.15) is 5.10 Å². The molecule has 0 aromatic carbocycles. The molecule has 1 N–H and O–H groups in total. The van der Waals surface area contributed by atoms with Gasteiger partial charge in [0.1, 0.15) is 5.02 Å². The maximum atomic E-state index is 12.6. The number of hydrogen-bond acceptors (Lipinski definition) is 6. The third kappa shape index (κ3) is 5.55. The van der Waals surface area contributed by atoms with Crippen LogP contribution < -0.4 is 10.9 Å². The van der Waals surface area contributed by atoms with Crippen LogP contribution in [0.25, 0.3) is 0 Å². The average molecular weight is 461 g/mol. The summed E-state index contributed by atoms with van der Waals surface area (Å²) < 4.78 is 33.4.